The van der Waals surface area contributed by atoms with Gasteiger partial charge in [0.05, 0.1) is 18.8 Å². The summed E-state index contributed by atoms with van der Waals surface area (Å²) in [6.45, 7) is 5.29. The topological polar surface area (TPSA) is 82.1 Å². The number of carbonyl (C=O) groups is 2. The highest BCUT2D eigenvalue weighted by atomic mass is 19.1. The summed E-state index contributed by atoms with van der Waals surface area (Å²) in [6.07, 6.45) is -0.372. The maximum Gasteiger partial charge on any atom is 0.251 e. The molecule has 2 fully saturated rings. The summed E-state index contributed by atoms with van der Waals surface area (Å²) in [6, 6.07) is 4.89. The Balaban J connectivity index is 1.51. The van der Waals surface area contributed by atoms with Crippen molar-refractivity contribution >= 4 is 11.8 Å². The molecule has 7 nitrogen and oxygen atoms in total. The van der Waals surface area contributed by atoms with Crippen LogP contribution in [0.3, 0.4) is 0 Å². The highest BCUT2D eigenvalue weighted by Gasteiger charge is 2.38. The van der Waals surface area contributed by atoms with E-state index >= 15 is 0 Å². The minimum absolute atomic E-state index is 0.0779. The molecule has 27 heavy (non-hydrogen) atoms. The number of amides is 2. The molecule has 2 saturated heterocycles. The summed E-state index contributed by atoms with van der Waals surface area (Å²) in [5.74, 6) is -0.840. The molecule has 8 heteroatoms. The molecule has 3 unspecified atom stereocenters. The molecule has 0 radical (unpaired) electrons. The summed E-state index contributed by atoms with van der Waals surface area (Å²) in [7, 11) is 0. The Labute approximate surface area is 158 Å². The normalized spacial score (nSPS) is 26.6. The van der Waals surface area contributed by atoms with Gasteiger partial charge in [-0.2, -0.15) is 0 Å². The molecule has 0 aromatic heterocycles. The molecular formula is C19H26FN3O4. The van der Waals surface area contributed by atoms with Crippen LogP contribution in [0.1, 0.15) is 23.7 Å². The van der Waals surface area contributed by atoms with Crippen molar-refractivity contribution in [2.45, 2.75) is 31.6 Å². The van der Waals surface area contributed by atoms with Crippen LogP contribution in [0.15, 0.2) is 24.3 Å². The largest absolute Gasteiger partial charge is 0.388 e. The van der Waals surface area contributed by atoms with Gasteiger partial charge < -0.3 is 20.1 Å². The van der Waals surface area contributed by atoms with Gasteiger partial charge in [-0.25, -0.2) is 4.39 Å². The molecule has 3 rings (SSSR count). The van der Waals surface area contributed by atoms with Crippen LogP contribution in [0, 0.1) is 5.82 Å². The summed E-state index contributed by atoms with van der Waals surface area (Å²) in [4.78, 5) is 27.8. The van der Waals surface area contributed by atoms with E-state index < -0.39 is 30.0 Å². The number of halogens is 1. The quantitative estimate of drug-likeness (QED) is 0.783. The molecule has 1 aromatic rings. The second kappa shape index (κ2) is 8.77. The monoisotopic (exact) mass is 379 g/mol. The number of rotatable bonds is 4. The molecule has 0 bridgehead atoms. The van der Waals surface area contributed by atoms with Gasteiger partial charge in [0.25, 0.3) is 5.91 Å². The van der Waals surface area contributed by atoms with Crippen molar-refractivity contribution < 1.29 is 23.8 Å². The number of hydrogen-bond acceptors (Lipinski definition) is 5. The third kappa shape index (κ3) is 5.03. The number of nitrogens with one attached hydrogen (secondary N) is 1. The molecule has 0 spiro atoms. The minimum atomic E-state index is -0.838. The first-order valence-electron chi connectivity index (χ1n) is 9.28. The van der Waals surface area contributed by atoms with E-state index in [4.69, 9.17) is 4.74 Å². The average molecular weight is 379 g/mol. The zero-order valence-corrected chi connectivity index (χ0v) is 15.4. The Morgan fingerprint density at radius 3 is 2.85 bits per heavy atom. The lowest BCUT2D eigenvalue weighted by molar-refractivity contribution is -0.128. The van der Waals surface area contributed by atoms with Gasteiger partial charge in [0, 0.05) is 38.7 Å². The van der Waals surface area contributed by atoms with Crippen molar-refractivity contribution in [3.63, 3.8) is 0 Å². The Hall–Kier alpha value is -2.03. The molecule has 0 saturated carbocycles. The highest BCUT2D eigenvalue weighted by molar-refractivity contribution is 5.94. The molecule has 2 aliphatic heterocycles. The van der Waals surface area contributed by atoms with Gasteiger partial charge in [-0.15, -0.1) is 0 Å². The van der Waals surface area contributed by atoms with E-state index in [1.54, 1.807) is 6.92 Å². The molecule has 2 N–H and O–H groups in total. The summed E-state index contributed by atoms with van der Waals surface area (Å²) in [5.41, 5.74) is 0.211. The van der Waals surface area contributed by atoms with E-state index in [1.165, 1.54) is 18.2 Å². The molecule has 148 valence electrons. The fourth-order valence-electron chi connectivity index (χ4n) is 3.58. The smallest absolute Gasteiger partial charge is 0.251 e. The van der Waals surface area contributed by atoms with Gasteiger partial charge in [-0.05, 0) is 31.2 Å². The zero-order valence-electron chi connectivity index (χ0n) is 15.4. The Morgan fingerprint density at radius 1 is 1.30 bits per heavy atom. The fraction of sp³-hybridized carbons (Fsp3) is 0.579. The van der Waals surface area contributed by atoms with Gasteiger partial charge in [0.2, 0.25) is 5.91 Å². The van der Waals surface area contributed by atoms with E-state index in [-0.39, 0.29) is 18.1 Å². The van der Waals surface area contributed by atoms with Crippen LogP contribution in [0.2, 0.25) is 0 Å². The van der Waals surface area contributed by atoms with Crippen LogP contribution in [0.5, 0.6) is 0 Å². The molecule has 2 heterocycles. The number of hydrogen-bond donors (Lipinski definition) is 2. The molecular weight excluding hydrogens is 353 g/mol. The molecule has 2 aliphatic rings. The van der Waals surface area contributed by atoms with Crippen LogP contribution in [0.25, 0.3) is 0 Å². The van der Waals surface area contributed by atoms with Crippen LogP contribution >= 0.6 is 0 Å². The molecule has 3 atom stereocenters. The Kier molecular flexibility index (Phi) is 6.41. The number of aliphatic hydroxyl groups excluding tert-OH is 1. The van der Waals surface area contributed by atoms with Crippen molar-refractivity contribution in [3.05, 3.63) is 35.6 Å². The second-order valence-corrected chi connectivity index (χ2v) is 7.11. The third-order valence-corrected chi connectivity index (χ3v) is 5.16. The highest BCUT2D eigenvalue weighted by Crippen LogP contribution is 2.17. The summed E-state index contributed by atoms with van der Waals surface area (Å²) < 4.78 is 19.0. The summed E-state index contributed by atoms with van der Waals surface area (Å²) in [5, 5.41) is 13.3. The van der Waals surface area contributed by atoms with Crippen molar-refractivity contribution in [2.24, 2.45) is 0 Å². The van der Waals surface area contributed by atoms with E-state index in [0.29, 0.717) is 13.1 Å². The lowest BCUT2D eigenvalue weighted by atomic mass is 10.1. The van der Waals surface area contributed by atoms with Gasteiger partial charge in [0.15, 0.2) is 0 Å². The van der Waals surface area contributed by atoms with E-state index in [0.717, 1.165) is 32.1 Å². The number of benzene rings is 1. The number of ether oxygens (including phenoxy) is 1. The number of nitrogens with zero attached hydrogens (tertiary/aromatic N) is 2. The molecule has 0 aliphatic carbocycles. The zero-order chi connectivity index (χ0) is 19.4. The first-order valence-corrected chi connectivity index (χ1v) is 9.28. The predicted molar refractivity (Wildman–Crippen MR) is 96.7 cm³/mol. The van der Waals surface area contributed by atoms with Gasteiger partial charge in [-0.3, -0.25) is 14.5 Å². The third-order valence-electron chi connectivity index (χ3n) is 5.16. The molecule has 2 amide bonds. The predicted octanol–water partition coefficient (Wildman–Crippen LogP) is 0.238. The van der Waals surface area contributed by atoms with Crippen molar-refractivity contribution in [1.82, 2.24) is 15.1 Å². The fourth-order valence-corrected chi connectivity index (χ4v) is 3.58. The Morgan fingerprint density at radius 2 is 2.11 bits per heavy atom. The van der Waals surface area contributed by atoms with Crippen LogP contribution in [-0.2, 0) is 9.53 Å². The lowest BCUT2D eigenvalue weighted by Gasteiger charge is -2.26. The van der Waals surface area contributed by atoms with E-state index in [1.807, 2.05) is 4.90 Å². The lowest BCUT2D eigenvalue weighted by Crippen LogP contribution is -2.47. The van der Waals surface area contributed by atoms with Crippen molar-refractivity contribution in [1.29, 1.82) is 0 Å². The van der Waals surface area contributed by atoms with Crippen LogP contribution in [0.4, 0.5) is 4.39 Å². The van der Waals surface area contributed by atoms with Crippen LogP contribution < -0.4 is 5.32 Å². The summed E-state index contributed by atoms with van der Waals surface area (Å²) >= 11 is 0. The minimum Gasteiger partial charge on any atom is -0.388 e. The molecule has 1 aromatic carbocycles. The maximum absolute atomic E-state index is 13.3. The average Bonchev–Trinajstić information content (AvgIpc) is 2.84. The van der Waals surface area contributed by atoms with E-state index in [2.05, 4.69) is 10.2 Å². The van der Waals surface area contributed by atoms with Crippen molar-refractivity contribution in [2.75, 3.05) is 39.3 Å². The van der Waals surface area contributed by atoms with Crippen molar-refractivity contribution in [3.8, 4) is 0 Å². The first kappa shape index (κ1) is 19.7. The Bertz CT molecular complexity index is 687. The van der Waals surface area contributed by atoms with E-state index in [9.17, 15) is 19.1 Å². The number of aliphatic hydroxyl groups is 1. The maximum atomic E-state index is 13.3. The van der Waals surface area contributed by atoms with Gasteiger partial charge >= 0.3 is 0 Å². The van der Waals surface area contributed by atoms with Crippen LogP contribution in [-0.4, -0.2) is 84.3 Å². The van der Waals surface area contributed by atoms with Gasteiger partial charge in [-0.1, -0.05) is 6.07 Å². The standard InChI is InChI=1S/C19H26FN3O4/c1-13(24)23-7-3-6-22(8-9-23)11-17-18(25)16(12-27-17)21-19(26)14-4-2-5-15(20)10-14/h2,4-5,10,16-18,25H,3,6-9,11-12H2,1H3,(H,21,26). The SMILES string of the molecule is CC(=O)N1CCCN(CC2OCC(NC(=O)c3cccc(F)c3)C2O)CC1. The second-order valence-electron chi connectivity index (χ2n) is 7.11. The number of carbonyl (C=O) groups excluding carboxylic acids is 2. The first-order chi connectivity index (χ1) is 12.9. The van der Waals surface area contributed by atoms with Gasteiger partial charge in [0.1, 0.15) is 11.9 Å².